The number of ether oxygens (including phenoxy) is 3. The summed E-state index contributed by atoms with van der Waals surface area (Å²) in [6.45, 7) is 0.952. The number of amides is 1. The Balaban J connectivity index is 2.20. The molecule has 1 aromatic rings. The molecule has 3 N–H and O–H groups in total. The number of rotatable bonds is 4. The van der Waals surface area contributed by atoms with E-state index in [1.807, 2.05) is 0 Å². The summed E-state index contributed by atoms with van der Waals surface area (Å²) in [5.41, 5.74) is 5.64. The molecular formula is C14H19ClN2O4. The van der Waals surface area contributed by atoms with Crippen LogP contribution in [0.1, 0.15) is 12.8 Å². The van der Waals surface area contributed by atoms with E-state index < -0.39 is 5.54 Å². The highest BCUT2D eigenvalue weighted by Crippen LogP contribution is 2.36. The summed E-state index contributed by atoms with van der Waals surface area (Å²) in [6.07, 6.45) is 0.952. The highest BCUT2D eigenvalue weighted by Gasteiger charge is 2.36. The molecule has 1 fully saturated rings. The van der Waals surface area contributed by atoms with Gasteiger partial charge in [-0.1, -0.05) is 11.6 Å². The lowest BCUT2D eigenvalue weighted by molar-refractivity contribution is -0.124. The molecule has 1 amide bonds. The van der Waals surface area contributed by atoms with E-state index in [0.29, 0.717) is 48.3 Å². The normalized spacial score (nSPS) is 17.1. The summed E-state index contributed by atoms with van der Waals surface area (Å²) in [6, 6.07) is 3.20. The molecule has 0 aliphatic carbocycles. The van der Waals surface area contributed by atoms with Crippen LogP contribution in [-0.2, 0) is 9.53 Å². The Kier molecular flexibility index (Phi) is 4.92. The van der Waals surface area contributed by atoms with E-state index in [1.54, 1.807) is 12.1 Å². The Hall–Kier alpha value is -1.50. The van der Waals surface area contributed by atoms with E-state index in [1.165, 1.54) is 14.2 Å². The first-order valence-electron chi connectivity index (χ1n) is 6.60. The minimum atomic E-state index is -0.936. The molecule has 0 unspecified atom stereocenters. The summed E-state index contributed by atoms with van der Waals surface area (Å²) >= 11 is 6.15. The first-order chi connectivity index (χ1) is 10.00. The third-order valence-corrected chi connectivity index (χ3v) is 3.87. The van der Waals surface area contributed by atoms with Gasteiger partial charge in [0.15, 0.2) is 11.5 Å². The SMILES string of the molecule is COc1cc(Cl)c(NC(=O)C2(N)CCOCC2)cc1OC. The predicted molar refractivity (Wildman–Crippen MR) is 80.2 cm³/mol. The number of methoxy groups -OCH3 is 2. The van der Waals surface area contributed by atoms with Crippen molar-refractivity contribution < 1.29 is 19.0 Å². The standard InChI is InChI=1S/C14H19ClN2O4/c1-19-11-7-9(15)10(8-12(11)20-2)17-13(18)14(16)3-5-21-6-4-14/h7-8H,3-6,16H2,1-2H3,(H,17,18). The third-order valence-electron chi connectivity index (χ3n) is 3.56. The number of carbonyl (C=O) groups is 1. The summed E-state index contributed by atoms with van der Waals surface area (Å²) in [5, 5.41) is 3.12. The number of nitrogens with two attached hydrogens (primary N) is 1. The zero-order chi connectivity index (χ0) is 15.5. The second-order valence-electron chi connectivity index (χ2n) is 4.91. The van der Waals surface area contributed by atoms with Gasteiger partial charge in [0.25, 0.3) is 0 Å². The monoisotopic (exact) mass is 314 g/mol. The van der Waals surface area contributed by atoms with Crippen LogP contribution in [0, 0.1) is 0 Å². The number of hydrogen-bond donors (Lipinski definition) is 2. The van der Waals surface area contributed by atoms with Crippen LogP contribution in [0.4, 0.5) is 5.69 Å². The molecule has 21 heavy (non-hydrogen) atoms. The van der Waals surface area contributed by atoms with Crippen LogP contribution in [0.15, 0.2) is 12.1 Å². The van der Waals surface area contributed by atoms with E-state index in [2.05, 4.69) is 5.32 Å². The van der Waals surface area contributed by atoms with Crippen LogP contribution in [0.5, 0.6) is 11.5 Å². The van der Waals surface area contributed by atoms with Gasteiger partial charge in [-0.15, -0.1) is 0 Å². The number of hydrogen-bond acceptors (Lipinski definition) is 5. The average Bonchev–Trinajstić information content (AvgIpc) is 2.49. The van der Waals surface area contributed by atoms with Crippen molar-refractivity contribution in [3.05, 3.63) is 17.2 Å². The van der Waals surface area contributed by atoms with Gasteiger partial charge in [-0.2, -0.15) is 0 Å². The summed E-state index contributed by atoms with van der Waals surface area (Å²) in [5.74, 6) is 0.698. The van der Waals surface area contributed by atoms with Crippen LogP contribution in [0.2, 0.25) is 5.02 Å². The maximum Gasteiger partial charge on any atom is 0.244 e. The maximum atomic E-state index is 12.4. The maximum absolute atomic E-state index is 12.4. The van der Waals surface area contributed by atoms with E-state index in [0.717, 1.165) is 0 Å². The van der Waals surface area contributed by atoms with Crippen molar-refractivity contribution in [1.29, 1.82) is 0 Å². The minimum absolute atomic E-state index is 0.278. The smallest absolute Gasteiger partial charge is 0.244 e. The lowest BCUT2D eigenvalue weighted by Crippen LogP contribution is -2.54. The zero-order valence-electron chi connectivity index (χ0n) is 12.1. The molecule has 1 aliphatic rings. The Bertz CT molecular complexity index is 530. The molecule has 1 aromatic carbocycles. The minimum Gasteiger partial charge on any atom is -0.493 e. The van der Waals surface area contributed by atoms with Gasteiger partial charge in [-0.05, 0) is 12.8 Å². The fraction of sp³-hybridized carbons (Fsp3) is 0.500. The highest BCUT2D eigenvalue weighted by atomic mass is 35.5. The number of nitrogens with one attached hydrogen (secondary N) is 1. The topological polar surface area (TPSA) is 82.8 Å². The molecule has 116 valence electrons. The lowest BCUT2D eigenvalue weighted by Gasteiger charge is -2.31. The number of anilines is 1. The van der Waals surface area contributed by atoms with Gasteiger partial charge < -0.3 is 25.3 Å². The van der Waals surface area contributed by atoms with Gasteiger partial charge in [0.05, 0.1) is 24.9 Å². The average molecular weight is 315 g/mol. The molecule has 0 radical (unpaired) electrons. The zero-order valence-corrected chi connectivity index (χ0v) is 12.8. The molecule has 1 saturated heterocycles. The summed E-state index contributed by atoms with van der Waals surface area (Å²) in [4.78, 5) is 12.4. The Labute approximate surface area is 128 Å². The fourth-order valence-corrected chi connectivity index (χ4v) is 2.36. The van der Waals surface area contributed by atoms with Crippen molar-refractivity contribution >= 4 is 23.2 Å². The van der Waals surface area contributed by atoms with Crippen LogP contribution in [-0.4, -0.2) is 38.9 Å². The third kappa shape index (κ3) is 3.40. The van der Waals surface area contributed by atoms with Gasteiger partial charge in [0.2, 0.25) is 5.91 Å². The van der Waals surface area contributed by atoms with Crippen molar-refractivity contribution in [2.45, 2.75) is 18.4 Å². The van der Waals surface area contributed by atoms with Crippen LogP contribution in [0.25, 0.3) is 0 Å². The Morgan fingerprint density at radius 1 is 1.29 bits per heavy atom. The first kappa shape index (κ1) is 15.9. The van der Waals surface area contributed by atoms with Gasteiger partial charge in [-0.25, -0.2) is 0 Å². The van der Waals surface area contributed by atoms with E-state index >= 15 is 0 Å². The van der Waals surface area contributed by atoms with E-state index in [9.17, 15) is 4.79 Å². The van der Waals surface area contributed by atoms with Crippen molar-refractivity contribution in [1.82, 2.24) is 0 Å². The van der Waals surface area contributed by atoms with Crippen LogP contribution >= 0.6 is 11.6 Å². The number of carbonyl (C=O) groups excluding carboxylic acids is 1. The fourth-order valence-electron chi connectivity index (χ4n) is 2.16. The molecular weight excluding hydrogens is 296 g/mol. The largest absolute Gasteiger partial charge is 0.493 e. The highest BCUT2D eigenvalue weighted by molar-refractivity contribution is 6.34. The molecule has 0 bridgehead atoms. The van der Waals surface area contributed by atoms with Crippen LogP contribution < -0.4 is 20.5 Å². The lowest BCUT2D eigenvalue weighted by atomic mass is 9.90. The molecule has 0 atom stereocenters. The van der Waals surface area contributed by atoms with E-state index in [-0.39, 0.29) is 5.91 Å². The second kappa shape index (κ2) is 6.51. The molecule has 6 nitrogen and oxygen atoms in total. The first-order valence-corrected chi connectivity index (χ1v) is 6.97. The number of benzene rings is 1. The Morgan fingerprint density at radius 2 is 1.86 bits per heavy atom. The van der Waals surface area contributed by atoms with Crippen molar-refractivity contribution in [3.63, 3.8) is 0 Å². The van der Waals surface area contributed by atoms with Gasteiger partial charge in [0, 0.05) is 25.3 Å². The van der Waals surface area contributed by atoms with E-state index in [4.69, 9.17) is 31.5 Å². The molecule has 1 aliphatic heterocycles. The van der Waals surface area contributed by atoms with Gasteiger partial charge in [-0.3, -0.25) is 4.79 Å². The molecule has 0 saturated carbocycles. The van der Waals surface area contributed by atoms with Crippen molar-refractivity contribution in [2.75, 3.05) is 32.8 Å². The van der Waals surface area contributed by atoms with Crippen molar-refractivity contribution in [2.24, 2.45) is 5.73 Å². The molecule has 0 aromatic heterocycles. The predicted octanol–water partition coefficient (Wildman–Crippen LogP) is 1.80. The second-order valence-corrected chi connectivity index (χ2v) is 5.32. The molecule has 7 heteroatoms. The molecule has 0 spiro atoms. The van der Waals surface area contributed by atoms with Crippen LogP contribution in [0.3, 0.4) is 0 Å². The number of halogens is 1. The summed E-state index contributed by atoms with van der Waals surface area (Å²) in [7, 11) is 3.03. The molecule has 2 rings (SSSR count). The van der Waals surface area contributed by atoms with Gasteiger partial charge in [0.1, 0.15) is 5.54 Å². The van der Waals surface area contributed by atoms with Crippen molar-refractivity contribution in [3.8, 4) is 11.5 Å². The Morgan fingerprint density at radius 3 is 2.43 bits per heavy atom. The quantitative estimate of drug-likeness (QED) is 0.885. The van der Waals surface area contributed by atoms with Gasteiger partial charge >= 0.3 is 0 Å². The summed E-state index contributed by atoms with van der Waals surface area (Å²) < 4.78 is 15.6. The molecule has 1 heterocycles.